The average Bonchev–Trinajstić information content (AvgIpc) is 2.46. The Labute approximate surface area is 133 Å². The van der Waals surface area contributed by atoms with Gasteiger partial charge < -0.3 is 11.1 Å². The van der Waals surface area contributed by atoms with E-state index in [-0.39, 0.29) is 11.9 Å². The molecule has 4 heteroatoms. The lowest BCUT2D eigenvalue weighted by molar-refractivity contribution is -0.121. The number of carbonyl (C=O) groups excluding carboxylic acids is 1. The summed E-state index contributed by atoms with van der Waals surface area (Å²) >= 11 is 3.40. The van der Waals surface area contributed by atoms with Crippen molar-refractivity contribution >= 4 is 27.5 Å². The molecule has 0 aliphatic rings. The van der Waals surface area contributed by atoms with Gasteiger partial charge in [0.15, 0.2) is 0 Å². The maximum absolute atomic E-state index is 12.0. The molecule has 0 spiro atoms. The molecule has 0 saturated carbocycles. The van der Waals surface area contributed by atoms with Crippen LogP contribution in [0.3, 0.4) is 0 Å². The van der Waals surface area contributed by atoms with Gasteiger partial charge in [0.25, 0.3) is 0 Å². The zero-order valence-electron chi connectivity index (χ0n) is 12.0. The fraction of sp³-hybridized carbons (Fsp3) is 0.235. The second-order valence-electron chi connectivity index (χ2n) is 5.09. The van der Waals surface area contributed by atoms with Crippen LogP contribution < -0.4 is 11.1 Å². The predicted molar refractivity (Wildman–Crippen MR) is 89.9 cm³/mol. The molecule has 0 aliphatic carbocycles. The molecular formula is C17H19BrN2O. The number of halogens is 1. The number of carbonyl (C=O) groups is 1. The van der Waals surface area contributed by atoms with Crippen LogP contribution in [0.2, 0.25) is 0 Å². The molecule has 1 amide bonds. The molecule has 0 radical (unpaired) electrons. The van der Waals surface area contributed by atoms with Crippen molar-refractivity contribution in [3.05, 3.63) is 64.1 Å². The maximum Gasteiger partial charge on any atom is 0.220 e. The van der Waals surface area contributed by atoms with Crippen LogP contribution in [0.25, 0.3) is 0 Å². The SMILES string of the molecule is C[C@@H](NC(=O)CCc1cccc(N)c1)c1ccc(Br)cc1. The van der Waals surface area contributed by atoms with Gasteiger partial charge in [-0.05, 0) is 48.7 Å². The highest BCUT2D eigenvalue weighted by Gasteiger charge is 2.09. The highest BCUT2D eigenvalue weighted by Crippen LogP contribution is 2.17. The van der Waals surface area contributed by atoms with Crippen LogP contribution in [0.4, 0.5) is 5.69 Å². The third-order valence-corrected chi connectivity index (χ3v) is 3.87. The number of nitrogens with two attached hydrogens (primary N) is 1. The lowest BCUT2D eigenvalue weighted by Crippen LogP contribution is -2.26. The first kappa shape index (κ1) is 15.6. The van der Waals surface area contributed by atoms with Gasteiger partial charge in [0.05, 0.1) is 6.04 Å². The summed E-state index contributed by atoms with van der Waals surface area (Å²) in [5.41, 5.74) is 8.64. The molecule has 3 N–H and O–H groups in total. The van der Waals surface area contributed by atoms with Gasteiger partial charge in [0.1, 0.15) is 0 Å². The molecule has 0 aromatic heterocycles. The first-order valence-electron chi connectivity index (χ1n) is 6.94. The zero-order chi connectivity index (χ0) is 15.2. The number of hydrogen-bond donors (Lipinski definition) is 2. The van der Waals surface area contributed by atoms with Crippen molar-refractivity contribution in [2.75, 3.05) is 5.73 Å². The van der Waals surface area contributed by atoms with E-state index < -0.39 is 0 Å². The Morgan fingerprint density at radius 3 is 2.62 bits per heavy atom. The third-order valence-electron chi connectivity index (χ3n) is 3.34. The smallest absolute Gasteiger partial charge is 0.220 e. The van der Waals surface area contributed by atoms with Crippen LogP contribution in [0.5, 0.6) is 0 Å². The van der Waals surface area contributed by atoms with Gasteiger partial charge in [-0.25, -0.2) is 0 Å². The van der Waals surface area contributed by atoms with E-state index in [1.54, 1.807) is 0 Å². The first-order chi connectivity index (χ1) is 10.0. The summed E-state index contributed by atoms with van der Waals surface area (Å²) < 4.78 is 1.03. The monoisotopic (exact) mass is 346 g/mol. The topological polar surface area (TPSA) is 55.1 Å². The number of amides is 1. The van der Waals surface area contributed by atoms with Crippen molar-refractivity contribution in [1.29, 1.82) is 0 Å². The van der Waals surface area contributed by atoms with Crippen LogP contribution in [0, 0.1) is 0 Å². The van der Waals surface area contributed by atoms with E-state index in [0.29, 0.717) is 12.8 Å². The summed E-state index contributed by atoms with van der Waals surface area (Å²) in [5.74, 6) is 0.0489. The van der Waals surface area contributed by atoms with Crippen molar-refractivity contribution in [2.45, 2.75) is 25.8 Å². The highest BCUT2D eigenvalue weighted by atomic mass is 79.9. The minimum atomic E-state index is 0.00597. The highest BCUT2D eigenvalue weighted by molar-refractivity contribution is 9.10. The van der Waals surface area contributed by atoms with Gasteiger partial charge in [-0.15, -0.1) is 0 Å². The van der Waals surface area contributed by atoms with E-state index in [4.69, 9.17) is 5.73 Å². The van der Waals surface area contributed by atoms with E-state index >= 15 is 0 Å². The number of nitrogen functional groups attached to an aromatic ring is 1. The van der Waals surface area contributed by atoms with Crippen LogP contribution >= 0.6 is 15.9 Å². The Morgan fingerprint density at radius 1 is 1.24 bits per heavy atom. The third kappa shape index (κ3) is 4.90. The number of benzene rings is 2. The summed E-state index contributed by atoms with van der Waals surface area (Å²) in [6.45, 7) is 1.99. The van der Waals surface area contributed by atoms with Crippen LogP contribution in [-0.4, -0.2) is 5.91 Å². The normalized spacial score (nSPS) is 11.9. The van der Waals surface area contributed by atoms with Crippen molar-refractivity contribution < 1.29 is 4.79 Å². The molecule has 1 atom stereocenters. The summed E-state index contributed by atoms with van der Waals surface area (Å²) in [6.07, 6.45) is 1.16. The summed E-state index contributed by atoms with van der Waals surface area (Å²) in [4.78, 5) is 12.0. The lowest BCUT2D eigenvalue weighted by Gasteiger charge is -2.14. The fourth-order valence-electron chi connectivity index (χ4n) is 2.15. The minimum Gasteiger partial charge on any atom is -0.399 e. The molecule has 2 aromatic rings. The standard InChI is InChI=1S/C17H19BrN2O/c1-12(14-6-8-15(18)9-7-14)20-17(21)10-5-13-3-2-4-16(19)11-13/h2-4,6-9,11-12H,5,10,19H2,1H3,(H,20,21)/t12-/m1/s1. The van der Waals surface area contributed by atoms with Crippen molar-refractivity contribution in [1.82, 2.24) is 5.32 Å². The Kier molecular flexibility index (Phi) is 5.39. The predicted octanol–water partition coefficient (Wildman–Crippen LogP) is 3.84. The van der Waals surface area contributed by atoms with E-state index in [9.17, 15) is 4.79 Å². The van der Waals surface area contributed by atoms with Gasteiger partial charge in [0, 0.05) is 16.6 Å². The number of nitrogens with one attached hydrogen (secondary N) is 1. The fourth-order valence-corrected chi connectivity index (χ4v) is 2.42. The van der Waals surface area contributed by atoms with Crippen LogP contribution in [0.1, 0.15) is 30.5 Å². The quantitative estimate of drug-likeness (QED) is 0.808. The molecule has 0 aliphatic heterocycles. The molecule has 3 nitrogen and oxygen atoms in total. The van der Waals surface area contributed by atoms with E-state index in [1.807, 2.05) is 55.5 Å². The second-order valence-corrected chi connectivity index (χ2v) is 6.00. The van der Waals surface area contributed by atoms with Gasteiger partial charge in [-0.3, -0.25) is 4.79 Å². The molecule has 0 fully saturated rings. The molecule has 21 heavy (non-hydrogen) atoms. The summed E-state index contributed by atoms with van der Waals surface area (Å²) in [5, 5.41) is 3.02. The van der Waals surface area contributed by atoms with Crippen LogP contribution in [0.15, 0.2) is 53.0 Å². The van der Waals surface area contributed by atoms with Gasteiger partial charge in [-0.2, -0.15) is 0 Å². The number of hydrogen-bond acceptors (Lipinski definition) is 2. The largest absolute Gasteiger partial charge is 0.399 e. The summed E-state index contributed by atoms with van der Waals surface area (Å²) in [7, 11) is 0. The molecule has 2 rings (SSSR count). The van der Waals surface area contributed by atoms with E-state index in [0.717, 1.165) is 21.3 Å². The van der Waals surface area contributed by atoms with Gasteiger partial charge >= 0.3 is 0 Å². The molecule has 0 heterocycles. The summed E-state index contributed by atoms with van der Waals surface area (Å²) in [6, 6.07) is 15.6. The Morgan fingerprint density at radius 2 is 1.95 bits per heavy atom. The molecule has 2 aromatic carbocycles. The molecule has 0 saturated heterocycles. The van der Waals surface area contributed by atoms with E-state index in [1.165, 1.54) is 0 Å². The Balaban J connectivity index is 1.85. The van der Waals surface area contributed by atoms with Crippen molar-refractivity contribution in [3.63, 3.8) is 0 Å². The minimum absolute atomic E-state index is 0.00597. The Bertz CT molecular complexity index is 610. The lowest BCUT2D eigenvalue weighted by atomic mass is 10.1. The molecule has 0 unspecified atom stereocenters. The molecular weight excluding hydrogens is 328 g/mol. The van der Waals surface area contributed by atoms with E-state index in [2.05, 4.69) is 21.2 Å². The van der Waals surface area contributed by atoms with Gasteiger partial charge in [0.2, 0.25) is 5.91 Å². The van der Waals surface area contributed by atoms with Gasteiger partial charge in [-0.1, -0.05) is 40.2 Å². The van der Waals surface area contributed by atoms with Crippen molar-refractivity contribution in [3.8, 4) is 0 Å². The average molecular weight is 347 g/mol. The van der Waals surface area contributed by atoms with Crippen LogP contribution in [-0.2, 0) is 11.2 Å². The molecule has 0 bridgehead atoms. The van der Waals surface area contributed by atoms with Crippen molar-refractivity contribution in [2.24, 2.45) is 0 Å². The molecule has 110 valence electrons. The first-order valence-corrected chi connectivity index (χ1v) is 7.73. The second kappa shape index (κ2) is 7.27. The Hall–Kier alpha value is -1.81. The maximum atomic E-state index is 12.0. The zero-order valence-corrected chi connectivity index (χ0v) is 13.6. The number of anilines is 1. The number of rotatable bonds is 5. The number of aryl methyl sites for hydroxylation is 1.